The Bertz CT molecular complexity index is 335. The van der Waals surface area contributed by atoms with E-state index < -0.39 is 0 Å². The fourth-order valence-corrected chi connectivity index (χ4v) is 1.87. The lowest BCUT2D eigenvalue weighted by atomic mass is 10.1. The van der Waals surface area contributed by atoms with E-state index in [1.54, 1.807) is 7.11 Å². The van der Waals surface area contributed by atoms with Crippen molar-refractivity contribution in [3.63, 3.8) is 0 Å². The van der Waals surface area contributed by atoms with Crippen molar-refractivity contribution < 1.29 is 4.74 Å². The Balaban J connectivity index is 2.49. The van der Waals surface area contributed by atoms with Crippen LogP contribution < -0.4 is 5.32 Å². The van der Waals surface area contributed by atoms with Gasteiger partial charge in [0.2, 0.25) is 0 Å². The molecule has 4 nitrogen and oxygen atoms in total. The van der Waals surface area contributed by atoms with Crippen LogP contribution in [0.15, 0.2) is 12.4 Å². The largest absolute Gasteiger partial charge is 0.383 e. The van der Waals surface area contributed by atoms with Gasteiger partial charge in [-0.2, -0.15) is 5.10 Å². The third-order valence-corrected chi connectivity index (χ3v) is 2.92. The van der Waals surface area contributed by atoms with E-state index in [4.69, 9.17) is 4.74 Å². The second-order valence-electron chi connectivity index (χ2n) is 5.79. The minimum atomic E-state index is 0.0492. The van der Waals surface area contributed by atoms with Gasteiger partial charge < -0.3 is 10.1 Å². The van der Waals surface area contributed by atoms with Gasteiger partial charge in [-0.05, 0) is 27.2 Å². The zero-order valence-corrected chi connectivity index (χ0v) is 12.4. The second kappa shape index (κ2) is 6.90. The number of ether oxygens (including phenoxy) is 1. The van der Waals surface area contributed by atoms with Gasteiger partial charge >= 0.3 is 0 Å². The molecular formula is C14H27N3O. The van der Waals surface area contributed by atoms with Crippen LogP contribution in [-0.2, 0) is 16.8 Å². The lowest BCUT2D eigenvalue weighted by Gasteiger charge is -2.19. The van der Waals surface area contributed by atoms with E-state index in [2.05, 4.69) is 44.3 Å². The molecule has 1 aromatic rings. The molecule has 18 heavy (non-hydrogen) atoms. The Morgan fingerprint density at radius 1 is 1.44 bits per heavy atom. The standard InChI is InChI=1S/C14H27N3O/c1-6-7-13(11-18-5)15-8-12-9-16-17(10-12)14(2,3)4/h9-10,13,15H,6-8,11H2,1-5H3. The maximum Gasteiger partial charge on any atom is 0.0615 e. The van der Waals surface area contributed by atoms with Crippen LogP contribution in [0.1, 0.15) is 46.1 Å². The van der Waals surface area contributed by atoms with Crippen LogP contribution in [0, 0.1) is 0 Å². The van der Waals surface area contributed by atoms with Crippen molar-refractivity contribution in [3.8, 4) is 0 Å². The van der Waals surface area contributed by atoms with Crippen molar-refractivity contribution >= 4 is 0 Å². The van der Waals surface area contributed by atoms with Gasteiger partial charge in [-0.3, -0.25) is 4.68 Å². The van der Waals surface area contributed by atoms with Crippen molar-refractivity contribution in [2.45, 2.75) is 58.7 Å². The molecule has 0 spiro atoms. The quantitative estimate of drug-likeness (QED) is 0.811. The van der Waals surface area contributed by atoms with Gasteiger partial charge in [0.05, 0.1) is 18.3 Å². The summed E-state index contributed by atoms with van der Waals surface area (Å²) in [4.78, 5) is 0. The van der Waals surface area contributed by atoms with Crippen molar-refractivity contribution in [2.75, 3.05) is 13.7 Å². The molecule has 1 N–H and O–H groups in total. The van der Waals surface area contributed by atoms with Gasteiger partial charge in [0.1, 0.15) is 0 Å². The molecule has 0 aliphatic carbocycles. The smallest absolute Gasteiger partial charge is 0.0615 e. The maximum absolute atomic E-state index is 5.22. The van der Waals surface area contributed by atoms with Crippen LogP contribution in [0.3, 0.4) is 0 Å². The van der Waals surface area contributed by atoms with Gasteiger partial charge in [0.15, 0.2) is 0 Å². The first-order chi connectivity index (χ1) is 8.47. The van der Waals surface area contributed by atoms with Crippen molar-refractivity contribution in [1.29, 1.82) is 0 Å². The molecule has 1 atom stereocenters. The molecule has 1 heterocycles. The topological polar surface area (TPSA) is 39.1 Å². The van der Waals surface area contributed by atoms with E-state index in [-0.39, 0.29) is 5.54 Å². The van der Waals surface area contributed by atoms with E-state index in [9.17, 15) is 0 Å². The van der Waals surface area contributed by atoms with Crippen LogP contribution in [0.5, 0.6) is 0 Å². The summed E-state index contributed by atoms with van der Waals surface area (Å²) in [6, 6.07) is 0.429. The van der Waals surface area contributed by atoms with Gasteiger partial charge in [-0.15, -0.1) is 0 Å². The van der Waals surface area contributed by atoms with Crippen LogP contribution in [0.2, 0.25) is 0 Å². The third-order valence-electron chi connectivity index (χ3n) is 2.92. The average molecular weight is 253 g/mol. The fourth-order valence-electron chi connectivity index (χ4n) is 1.87. The summed E-state index contributed by atoms with van der Waals surface area (Å²) >= 11 is 0. The molecule has 0 aliphatic rings. The van der Waals surface area contributed by atoms with E-state index in [0.717, 1.165) is 19.6 Å². The Morgan fingerprint density at radius 2 is 2.17 bits per heavy atom. The van der Waals surface area contributed by atoms with Gasteiger partial charge in [-0.25, -0.2) is 0 Å². The molecular weight excluding hydrogens is 226 g/mol. The molecule has 0 bridgehead atoms. The number of rotatable bonds is 7. The highest BCUT2D eigenvalue weighted by atomic mass is 16.5. The van der Waals surface area contributed by atoms with Crippen LogP contribution in [0.25, 0.3) is 0 Å². The van der Waals surface area contributed by atoms with Gasteiger partial charge in [-0.1, -0.05) is 13.3 Å². The van der Waals surface area contributed by atoms with Gasteiger partial charge in [0.25, 0.3) is 0 Å². The summed E-state index contributed by atoms with van der Waals surface area (Å²) in [7, 11) is 1.75. The number of nitrogens with zero attached hydrogens (tertiary/aromatic N) is 2. The normalized spacial score (nSPS) is 13.8. The summed E-state index contributed by atoms with van der Waals surface area (Å²) in [5.41, 5.74) is 1.27. The molecule has 4 heteroatoms. The molecule has 0 fully saturated rings. The number of nitrogens with one attached hydrogen (secondary N) is 1. The summed E-state index contributed by atoms with van der Waals surface area (Å²) in [5, 5.41) is 7.93. The molecule has 0 saturated carbocycles. The van der Waals surface area contributed by atoms with Gasteiger partial charge in [0, 0.05) is 31.5 Å². The summed E-state index contributed by atoms with van der Waals surface area (Å²) in [5.74, 6) is 0. The predicted octanol–water partition coefficient (Wildman–Crippen LogP) is 2.54. The van der Waals surface area contributed by atoms with Crippen molar-refractivity contribution in [2.24, 2.45) is 0 Å². The van der Waals surface area contributed by atoms with Crippen LogP contribution in [-0.4, -0.2) is 29.5 Å². The first kappa shape index (κ1) is 15.2. The number of hydrogen-bond donors (Lipinski definition) is 1. The third kappa shape index (κ3) is 4.78. The highest BCUT2D eigenvalue weighted by molar-refractivity contribution is 5.05. The predicted molar refractivity (Wildman–Crippen MR) is 74.6 cm³/mol. The first-order valence-electron chi connectivity index (χ1n) is 6.73. The monoisotopic (exact) mass is 253 g/mol. The summed E-state index contributed by atoms with van der Waals surface area (Å²) < 4.78 is 7.23. The fraction of sp³-hybridized carbons (Fsp3) is 0.786. The molecule has 1 unspecified atom stereocenters. The van der Waals surface area contributed by atoms with E-state index >= 15 is 0 Å². The Kier molecular flexibility index (Phi) is 5.82. The van der Waals surface area contributed by atoms with Crippen LogP contribution in [0.4, 0.5) is 0 Å². The highest BCUT2D eigenvalue weighted by Crippen LogP contribution is 2.13. The molecule has 0 radical (unpaired) electrons. The minimum Gasteiger partial charge on any atom is -0.383 e. The zero-order chi connectivity index (χ0) is 13.6. The Morgan fingerprint density at radius 3 is 2.67 bits per heavy atom. The highest BCUT2D eigenvalue weighted by Gasteiger charge is 2.14. The van der Waals surface area contributed by atoms with Crippen molar-refractivity contribution in [3.05, 3.63) is 18.0 Å². The number of aromatic nitrogens is 2. The number of methoxy groups -OCH3 is 1. The van der Waals surface area contributed by atoms with E-state index in [1.807, 2.05) is 10.9 Å². The van der Waals surface area contributed by atoms with E-state index in [0.29, 0.717) is 6.04 Å². The average Bonchev–Trinajstić information content (AvgIpc) is 2.75. The molecule has 1 rings (SSSR count). The second-order valence-corrected chi connectivity index (χ2v) is 5.79. The molecule has 0 aromatic carbocycles. The lowest BCUT2D eigenvalue weighted by Crippen LogP contribution is -2.32. The molecule has 0 amide bonds. The first-order valence-corrected chi connectivity index (χ1v) is 6.73. The number of hydrogen-bond acceptors (Lipinski definition) is 3. The Hall–Kier alpha value is -0.870. The van der Waals surface area contributed by atoms with E-state index in [1.165, 1.54) is 12.0 Å². The molecule has 0 saturated heterocycles. The molecule has 1 aromatic heterocycles. The van der Waals surface area contributed by atoms with Crippen LogP contribution >= 0.6 is 0 Å². The lowest BCUT2D eigenvalue weighted by molar-refractivity contribution is 0.161. The minimum absolute atomic E-state index is 0.0492. The SMILES string of the molecule is CCCC(COC)NCc1cnn(C(C)(C)C)c1. The summed E-state index contributed by atoms with van der Waals surface area (Å²) in [6.07, 6.45) is 6.36. The maximum atomic E-state index is 5.22. The molecule has 0 aliphatic heterocycles. The summed E-state index contributed by atoms with van der Waals surface area (Å²) in [6.45, 7) is 10.3. The Labute approximate surface area is 111 Å². The molecule has 104 valence electrons. The van der Waals surface area contributed by atoms with Crippen molar-refractivity contribution in [1.82, 2.24) is 15.1 Å². The zero-order valence-electron chi connectivity index (χ0n) is 12.4.